The summed E-state index contributed by atoms with van der Waals surface area (Å²) in [5.74, 6) is -0.200. The fraction of sp³-hybridized carbons (Fsp3) is 0.459. The topological polar surface area (TPSA) is 71.3 Å². The number of esters is 1. The molecule has 9 heteroatoms. The van der Waals surface area contributed by atoms with Crippen LogP contribution in [-0.4, -0.2) is 58.1 Å². The Bertz CT molecular complexity index is 1660. The molecule has 2 aliphatic heterocycles. The van der Waals surface area contributed by atoms with Crippen molar-refractivity contribution in [2.75, 3.05) is 37.6 Å². The van der Waals surface area contributed by atoms with Crippen molar-refractivity contribution in [3.05, 3.63) is 102 Å². The van der Waals surface area contributed by atoms with E-state index in [0.29, 0.717) is 27.7 Å². The molecule has 0 unspecified atom stereocenters. The smallest absolute Gasteiger partial charge is 0.305 e. The maximum atomic E-state index is 14.6. The van der Waals surface area contributed by atoms with Gasteiger partial charge in [-0.3, -0.25) is 4.79 Å². The van der Waals surface area contributed by atoms with E-state index in [1.165, 1.54) is 12.1 Å². The Kier molecular flexibility index (Phi) is 9.49. The van der Waals surface area contributed by atoms with Gasteiger partial charge in [0.1, 0.15) is 11.9 Å². The molecule has 0 bridgehead atoms. The Morgan fingerprint density at radius 1 is 0.957 bits per heavy atom. The Hall–Kier alpha value is -3.74. The van der Waals surface area contributed by atoms with Crippen LogP contribution in [0.4, 0.5) is 10.1 Å². The second-order valence-electron chi connectivity index (χ2n) is 13.0. The van der Waals surface area contributed by atoms with Crippen LogP contribution in [0, 0.1) is 30.1 Å². The monoisotopic (exact) mass is 643 g/mol. The summed E-state index contributed by atoms with van der Waals surface area (Å²) in [5.41, 5.74) is 0.799. The molecule has 0 N–H and O–H groups in total. The molecule has 2 saturated heterocycles. The van der Waals surface area contributed by atoms with Gasteiger partial charge in [-0.2, -0.15) is 0 Å². The molecule has 0 spiro atoms. The summed E-state index contributed by atoms with van der Waals surface area (Å²) in [6.07, 6.45) is 4.06. The van der Waals surface area contributed by atoms with Gasteiger partial charge in [0, 0.05) is 49.1 Å². The summed E-state index contributed by atoms with van der Waals surface area (Å²) in [5, 5.41) is 0. The number of halogens is 1. The molecular formula is C37H42FN3O4S. The molecule has 242 valence electrons. The van der Waals surface area contributed by atoms with E-state index >= 15 is 0 Å². The fourth-order valence-electron chi connectivity index (χ4n) is 7.94. The second-order valence-corrected chi connectivity index (χ2v) is 15.0. The molecule has 3 aliphatic rings. The van der Waals surface area contributed by atoms with Crippen molar-refractivity contribution >= 4 is 21.5 Å². The first kappa shape index (κ1) is 32.2. The number of benzene rings is 3. The summed E-state index contributed by atoms with van der Waals surface area (Å²) in [4.78, 5) is 22.0. The standard InChI is InChI=1S/C37H42FN3O4S/c1-3-36(42)45-35-14-8-13-34(35)37(39-2,29-9-7-10-30(38)23-29)28-19-21-40(22-20-28)24-27-25-41(26-27)31-15-17-33(18-16-31)46(43,44)32-11-5-4-6-12-32/h4-7,9-12,15-18,23,27-28,34-35H,3,8,13-14,19-22,24-26H2,1H3/t34-,35-,37-/m0/s1. The molecule has 3 aromatic carbocycles. The highest BCUT2D eigenvalue weighted by molar-refractivity contribution is 7.91. The zero-order valence-corrected chi connectivity index (χ0v) is 27.2. The highest BCUT2D eigenvalue weighted by Gasteiger charge is 2.58. The first-order chi connectivity index (χ1) is 22.2. The van der Waals surface area contributed by atoms with E-state index in [9.17, 15) is 17.6 Å². The van der Waals surface area contributed by atoms with Gasteiger partial charge in [-0.05, 0) is 93.7 Å². The average molecular weight is 644 g/mol. The summed E-state index contributed by atoms with van der Waals surface area (Å²) in [7, 11) is -3.54. The lowest BCUT2D eigenvalue weighted by molar-refractivity contribution is -0.152. The minimum atomic E-state index is -3.54. The van der Waals surface area contributed by atoms with Crippen molar-refractivity contribution in [2.45, 2.75) is 66.9 Å². The lowest BCUT2D eigenvalue weighted by Crippen LogP contribution is -2.54. The molecule has 3 atom stereocenters. The van der Waals surface area contributed by atoms with Crippen LogP contribution in [0.2, 0.25) is 0 Å². The lowest BCUT2D eigenvalue weighted by atomic mass is 9.65. The number of anilines is 1. The van der Waals surface area contributed by atoms with Crippen LogP contribution in [-0.2, 0) is 24.9 Å². The first-order valence-corrected chi connectivity index (χ1v) is 17.9. The minimum Gasteiger partial charge on any atom is -0.462 e. The number of hydrogen-bond donors (Lipinski definition) is 0. The number of rotatable bonds is 10. The maximum Gasteiger partial charge on any atom is 0.305 e. The molecule has 3 aromatic rings. The maximum absolute atomic E-state index is 14.6. The van der Waals surface area contributed by atoms with Crippen LogP contribution in [0.1, 0.15) is 51.0 Å². The molecule has 0 radical (unpaired) electrons. The summed E-state index contributed by atoms with van der Waals surface area (Å²) < 4.78 is 46.3. The molecule has 1 saturated carbocycles. The molecule has 7 nitrogen and oxygen atoms in total. The molecule has 6 rings (SSSR count). The van der Waals surface area contributed by atoms with Gasteiger partial charge in [0.15, 0.2) is 0 Å². The van der Waals surface area contributed by atoms with Crippen molar-refractivity contribution < 1.29 is 22.3 Å². The van der Waals surface area contributed by atoms with E-state index in [4.69, 9.17) is 11.3 Å². The van der Waals surface area contributed by atoms with Crippen molar-refractivity contribution in [3.63, 3.8) is 0 Å². The molecule has 46 heavy (non-hydrogen) atoms. The van der Waals surface area contributed by atoms with E-state index in [2.05, 4.69) is 14.6 Å². The van der Waals surface area contributed by atoms with Gasteiger partial charge in [-0.15, -0.1) is 0 Å². The van der Waals surface area contributed by atoms with Crippen LogP contribution < -0.4 is 4.90 Å². The highest BCUT2D eigenvalue weighted by atomic mass is 32.2. The zero-order chi connectivity index (χ0) is 32.3. The number of ether oxygens (including phenoxy) is 1. The minimum absolute atomic E-state index is 0.0394. The van der Waals surface area contributed by atoms with Crippen molar-refractivity contribution in [2.24, 2.45) is 17.8 Å². The third-order valence-corrected chi connectivity index (χ3v) is 12.1. The van der Waals surface area contributed by atoms with Gasteiger partial charge >= 0.3 is 5.97 Å². The number of piperidine rings is 1. The number of carbonyl (C=O) groups is 1. The van der Waals surface area contributed by atoms with E-state index in [0.717, 1.165) is 70.5 Å². The second kappa shape index (κ2) is 13.5. The lowest BCUT2D eigenvalue weighted by Gasteiger charge is -2.46. The van der Waals surface area contributed by atoms with Gasteiger partial charge in [0.25, 0.3) is 5.54 Å². The van der Waals surface area contributed by atoms with Crippen molar-refractivity contribution in [1.29, 1.82) is 0 Å². The third kappa shape index (κ3) is 6.30. The molecule has 2 heterocycles. The van der Waals surface area contributed by atoms with Gasteiger partial charge in [0.05, 0.1) is 15.7 Å². The van der Waals surface area contributed by atoms with E-state index < -0.39 is 15.4 Å². The van der Waals surface area contributed by atoms with Crippen LogP contribution in [0.5, 0.6) is 0 Å². The van der Waals surface area contributed by atoms with E-state index in [1.54, 1.807) is 55.5 Å². The summed E-state index contributed by atoms with van der Waals surface area (Å²) >= 11 is 0. The predicted molar refractivity (Wildman–Crippen MR) is 175 cm³/mol. The van der Waals surface area contributed by atoms with Crippen LogP contribution in [0.25, 0.3) is 4.85 Å². The number of carbonyl (C=O) groups excluding carboxylic acids is 1. The highest BCUT2D eigenvalue weighted by Crippen LogP contribution is 2.52. The van der Waals surface area contributed by atoms with E-state index in [-0.39, 0.29) is 29.7 Å². The molecule has 0 aromatic heterocycles. The normalized spacial score (nSPS) is 22.5. The summed E-state index contributed by atoms with van der Waals surface area (Å²) in [6, 6.07) is 22.2. The summed E-state index contributed by atoms with van der Waals surface area (Å²) in [6.45, 7) is 14.8. The quantitative estimate of drug-likeness (QED) is 0.180. The number of sulfone groups is 1. The molecule has 1 aliphatic carbocycles. The van der Waals surface area contributed by atoms with Gasteiger partial charge < -0.3 is 19.4 Å². The zero-order valence-electron chi connectivity index (χ0n) is 26.4. The average Bonchev–Trinajstić information content (AvgIpc) is 3.52. The van der Waals surface area contributed by atoms with E-state index in [1.807, 2.05) is 18.2 Å². The SMILES string of the molecule is [C-]#[N+][C@](c1cccc(F)c1)(C1CCN(CC2CN(c3ccc(S(=O)(=O)c4ccccc4)cc3)C2)CC1)[C@H]1CCC[C@@H]1OC(=O)CC. The number of likely N-dealkylation sites (tertiary alicyclic amines) is 1. The van der Waals surface area contributed by atoms with Crippen molar-refractivity contribution in [3.8, 4) is 0 Å². The molecular weight excluding hydrogens is 601 g/mol. The fourth-order valence-corrected chi connectivity index (χ4v) is 9.22. The third-order valence-electron chi connectivity index (χ3n) is 10.3. The van der Waals surface area contributed by atoms with Crippen LogP contribution in [0.15, 0.2) is 88.7 Å². The number of nitrogens with zero attached hydrogens (tertiary/aromatic N) is 3. The van der Waals surface area contributed by atoms with Crippen LogP contribution >= 0.6 is 0 Å². The largest absolute Gasteiger partial charge is 0.462 e. The predicted octanol–water partition coefficient (Wildman–Crippen LogP) is 6.74. The Morgan fingerprint density at radius 2 is 1.65 bits per heavy atom. The Balaban J connectivity index is 1.08. The van der Waals surface area contributed by atoms with Crippen LogP contribution in [0.3, 0.4) is 0 Å². The number of hydrogen-bond acceptors (Lipinski definition) is 6. The Labute approximate surface area is 272 Å². The van der Waals surface area contributed by atoms with Gasteiger partial charge in [0.2, 0.25) is 9.84 Å². The van der Waals surface area contributed by atoms with Crippen molar-refractivity contribution in [1.82, 2.24) is 4.90 Å². The molecule has 0 amide bonds. The van der Waals surface area contributed by atoms with Gasteiger partial charge in [-0.1, -0.05) is 37.3 Å². The Morgan fingerprint density at radius 3 is 2.30 bits per heavy atom. The molecule has 3 fully saturated rings. The van der Waals surface area contributed by atoms with Gasteiger partial charge in [-0.25, -0.2) is 19.4 Å². The first-order valence-electron chi connectivity index (χ1n) is 16.5.